The number of rotatable bonds is 4. The van der Waals surface area contributed by atoms with Gasteiger partial charge in [-0.2, -0.15) is 0 Å². The molecule has 1 N–H and O–H groups in total. The van der Waals surface area contributed by atoms with E-state index in [1.54, 1.807) is 7.11 Å². The Morgan fingerprint density at radius 1 is 1.53 bits per heavy atom. The highest BCUT2D eigenvalue weighted by Crippen LogP contribution is 2.41. The minimum atomic E-state index is -0.180. The smallest absolute Gasteiger partial charge is 0.244 e. The molecule has 1 aliphatic carbocycles. The van der Waals surface area contributed by atoms with E-state index in [0.29, 0.717) is 19.2 Å². The molecule has 4 heteroatoms. The Morgan fingerprint density at radius 2 is 2.20 bits per heavy atom. The van der Waals surface area contributed by atoms with Gasteiger partial charge >= 0.3 is 0 Å². The molecule has 1 aliphatic heterocycles. The first-order valence-electron chi connectivity index (χ1n) is 5.66. The SMILES string of the molecule is COCC(C(C)C)N1CNC2(CC2)C1=O. The van der Waals surface area contributed by atoms with Gasteiger partial charge in [0.15, 0.2) is 0 Å². The van der Waals surface area contributed by atoms with Crippen LogP contribution < -0.4 is 5.32 Å². The summed E-state index contributed by atoms with van der Waals surface area (Å²) in [5.41, 5.74) is -0.180. The normalized spacial score (nSPS) is 25.3. The highest BCUT2D eigenvalue weighted by molar-refractivity contribution is 5.91. The third kappa shape index (κ3) is 1.76. The van der Waals surface area contributed by atoms with Crippen molar-refractivity contribution in [2.24, 2.45) is 5.92 Å². The van der Waals surface area contributed by atoms with Crippen LogP contribution in [0.15, 0.2) is 0 Å². The summed E-state index contributed by atoms with van der Waals surface area (Å²) < 4.78 is 5.19. The first kappa shape index (κ1) is 10.9. The second-order valence-corrected chi connectivity index (χ2v) is 4.96. The summed E-state index contributed by atoms with van der Waals surface area (Å²) in [7, 11) is 1.69. The zero-order valence-electron chi connectivity index (χ0n) is 9.75. The van der Waals surface area contributed by atoms with Crippen molar-refractivity contribution in [2.75, 3.05) is 20.4 Å². The number of carbonyl (C=O) groups excluding carboxylic acids is 1. The summed E-state index contributed by atoms with van der Waals surface area (Å²) in [5.74, 6) is 0.711. The third-order valence-electron chi connectivity index (χ3n) is 3.52. The van der Waals surface area contributed by atoms with E-state index < -0.39 is 0 Å². The number of nitrogens with zero attached hydrogens (tertiary/aromatic N) is 1. The van der Waals surface area contributed by atoms with Crippen molar-refractivity contribution < 1.29 is 9.53 Å². The van der Waals surface area contributed by atoms with E-state index >= 15 is 0 Å². The Bertz CT molecular complexity index is 261. The van der Waals surface area contributed by atoms with Crippen molar-refractivity contribution in [1.82, 2.24) is 10.2 Å². The molecule has 0 aromatic rings. The van der Waals surface area contributed by atoms with E-state index in [1.165, 1.54) is 0 Å². The number of hydrogen-bond acceptors (Lipinski definition) is 3. The average Bonchev–Trinajstić information content (AvgIpc) is 2.90. The van der Waals surface area contributed by atoms with Crippen LogP contribution >= 0.6 is 0 Å². The maximum absolute atomic E-state index is 12.1. The molecule has 4 nitrogen and oxygen atoms in total. The van der Waals surface area contributed by atoms with Crippen molar-refractivity contribution in [2.45, 2.75) is 38.3 Å². The molecule has 0 aromatic heterocycles. The van der Waals surface area contributed by atoms with Crippen LogP contribution in [0.3, 0.4) is 0 Å². The van der Waals surface area contributed by atoms with Gasteiger partial charge in [0.25, 0.3) is 0 Å². The Kier molecular flexibility index (Phi) is 2.73. The summed E-state index contributed by atoms with van der Waals surface area (Å²) in [5, 5.41) is 3.32. The standard InChI is InChI=1S/C11H20N2O2/c1-8(2)9(6-15-3)13-7-12-11(4-5-11)10(13)14/h8-9,12H,4-7H2,1-3H3. The molecule has 0 bridgehead atoms. The van der Waals surface area contributed by atoms with Crippen molar-refractivity contribution in [3.8, 4) is 0 Å². The molecule has 1 heterocycles. The van der Waals surface area contributed by atoms with Crippen molar-refractivity contribution >= 4 is 5.91 Å². The molecule has 1 amide bonds. The van der Waals surface area contributed by atoms with Gasteiger partial charge in [-0.25, -0.2) is 0 Å². The Morgan fingerprint density at radius 3 is 2.60 bits per heavy atom. The number of carbonyl (C=O) groups is 1. The van der Waals surface area contributed by atoms with E-state index in [-0.39, 0.29) is 17.5 Å². The fourth-order valence-electron chi connectivity index (χ4n) is 2.26. The highest BCUT2D eigenvalue weighted by Gasteiger charge is 2.56. The first-order valence-corrected chi connectivity index (χ1v) is 5.66. The lowest BCUT2D eigenvalue weighted by atomic mass is 10.0. The molecule has 1 unspecified atom stereocenters. The van der Waals surface area contributed by atoms with Crippen LogP contribution in [-0.4, -0.2) is 42.8 Å². The van der Waals surface area contributed by atoms with Gasteiger partial charge in [0.05, 0.1) is 24.9 Å². The molecule has 1 spiro atoms. The largest absolute Gasteiger partial charge is 0.383 e. The van der Waals surface area contributed by atoms with Crippen molar-refractivity contribution in [3.05, 3.63) is 0 Å². The highest BCUT2D eigenvalue weighted by atomic mass is 16.5. The van der Waals surface area contributed by atoms with E-state index in [9.17, 15) is 4.79 Å². The van der Waals surface area contributed by atoms with Crippen LogP contribution in [-0.2, 0) is 9.53 Å². The lowest BCUT2D eigenvalue weighted by Gasteiger charge is -2.30. The first-order chi connectivity index (χ1) is 7.10. The van der Waals surface area contributed by atoms with Gasteiger partial charge in [-0.05, 0) is 18.8 Å². The zero-order valence-corrected chi connectivity index (χ0v) is 9.75. The lowest BCUT2D eigenvalue weighted by molar-refractivity contribution is -0.133. The molecule has 86 valence electrons. The second kappa shape index (κ2) is 3.76. The number of hydrogen-bond donors (Lipinski definition) is 1. The summed E-state index contributed by atoms with van der Waals surface area (Å²) in [4.78, 5) is 14.1. The average molecular weight is 212 g/mol. The maximum atomic E-state index is 12.1. The molecule has 2 rings (SSSR count). The summed E-state index contributed by atoms with van der Waals surface area (Å²) in [6, 6.07) is 0.204. The van der Waals surface area contributed by atoms with Gasteiger partial charge < -0.3 is 9.64 Å². The molecular formula is C11H20N2O2. The zero-order chi connectivity index (χ0) is 11.1. The van der Waals surface area contributed by atoms with Crippen LogP contribution in [0, 0.1) is 5.92 Å². The van der Waals surface area contributed by atoms with Crippen LogP contribution in [0.4, 0.5) is 0 Å². The molecule has 1 saturated carbocycles. The van der Waals surface area contributed by atoms with Gasteiger partial charge in [0.1, 0.15) is 0 Å². The van der Waals surface area contributed by atoms with Crippen LogP contribution in [0.5, 0.6) is 0 Å². The molecular weight excluding hydrogens is 192 g/mol. The van der Waals surface area contributed by atoms with E-state index in [0.717, 1.165) is 12.8 Å². The Hall–Kier alpha value is -0.610. The monoisotopic (exact) mass is 212 g/mol. The van der Waals surface area contributed by atoms with Gasteiger partial charge in [0.2, 0.25) is 5.91 Å². The second-order valence-electron chi connectivity index (χ2n) is 4.96. The predicted octanol–water partition coefficient (Wildman–Crippen LogP) is 0.579. The molecule has 2 aliphatic rings. The fourth-order valence-corrected chi connectivity index (χ4v) is 2.26. The van der Waals surface area contributed by atoms with Gasteiger partial charge in [-0.15, -0.1) is 0 Å². The van der Waals surface area contributed by atoms with Gasteiger partial charge in [0, 0.05) is 7.11 Å². The van der Waals surface area contributed by atoms with Crippen LogP contribution in [0.25, 0.3) is 0 Å². The lowest BCUT2D eigenvalue weighted by Crippen LogP contribution is -2.44. The summed E-state index contributed by atoms with van der Waals surface area (Å²) in [6.07, 6.45) is 2.00. The topological polar surface area (TPSA) is 41.6 Å². The fraction of sp³-hybridized carbons (Fsp3) is 0.909. The van der Waals surface area contributed by atoms with Crippen molar-refractivity contribution in [3.63, 3.8) is 0 Å². The quantitative estimate of drug-likeness (QED) is 0.741. The minimum absolute atomic E-state index is 0.180. The predicted molar refractivity (Wildman–Crippen MR) is 57.3 cm³/mol. The van der Waals surface area contributed by atoms with E-state index in [2.05, 4.69) is 19.2 Å². The molecule has 0 radical (unpaired) electrons. The minimum Gasteiger partial charge on any atom is -0.383 e. The molecule has 1 saturated heterocycles. The molecule has 2 fully saturated rings. The molecule has 0 aromatic carbocycles. The number of amides is 1. The van der Waals surface area contributed by atoms with Crippen LogP contribution in [0.1, 0.15) is 26.7 Å². The Balaban J connectivity index is 2.05. The summed E-state index contributed by atoms with van der Waals surface area (Å²) in [6.45, 7) is 5.58. The molecule has 15 heavy (non-hydrogen) atoms. The maximum Gasteiger partial charge on any atom is 0.244 e. The number of ether oxygens (including phenoxy) is 1. The number of methoxy groups -OCH3 is 1. The Labute approximate surface area is 91.0 Å². The third-order valence-corrected chi connectivity index (χ3v) is 3.52. The van der Waals surface area contributed by atoms with E-state index in [1.807, 2.05) is 4.90 Å². The number of nitrogens with one attached hydrogen (secondary N) is 1. The van der Waals surface area contributed by atoms with E-state index in [4.69, 9.17) is 4.74 Å². The van der Waals surface area contributed by atoms with Crippen LogP contribution in [0.2, 0.25) is 0 Å². The van der Waals surface area contributed by atoms with Crippen molar-refractivity contribution in [1.29, 1.82) is 0 Å². The summed E-state index contributed by atoms with van der Waals surface area (Å²) >= 11 is 0. The molecule has 1 atom stereocenters. The van der Waals surface area contributed by atoms with Gasteiger partial charge in [-0.1, -0.05) is 13.8 Å². The van der Waals surface area contributed by atoms with Gasteiger partial charge in [-0.3, -0.25) is 10.1 Å².